The van der Waals surface area contributed by atoms with Gasteiger partial charge in [0.25, 0.3) is 0 Å². The number of alkyl halides is 3. The molecule has 4 rings (SSSR count). The van der Waals surface area contributed by atoms with Gasteiger partial charge < -0.3 is 15.5 Å². The Morgan fingerprint density at radius 1 is 1.24 bits per heavy atom. The van der Waals surface area contributed by atoms with Crippen LogP contribution >= 0.6 is 11.6 Å². The van der Waals surface area contributed by atoms with Crippen LogP contribution in [0.15, 0.2) is 36.5 Å². The zero-order valence-corrected chi connectivity index (χ0v) is 16.4. The van der Waals surface area contributed by atoms with Gasteiger partial charge in [0, 0.05) is 16.6 Å². The minimum atomic E-state index is -4.92. The van der Waals surface area contributed by atoms with Gasteiger partial charge in [-0.15, -0.1) is 0 Å². The number of fused-ring (bicyclic) bond motifs is 2. The number of anilines is 1. The number of hydrogen-bond donors (Lipinski definition) is 4. The van der Waals surface area contributed by atoms with E-state index in [-0.39, 0.29) is 21.9 Å². The molecule has 0 fully saturated rings. The van der Waals surface area contributed by atoms with E-state index in [1.54, 1.807) is 32.0 Å². The van der Waals surface area contributed by atoms with E-state index in [1.165, 1.54) is 18.3 Å². The number of aromatic nitrogens is 2. The van der Waals surface area contributed by atoms with Crippen molar-refractivity contribution in [3.63, 3.8) is 0 Å². The first-order valence-electron chi connectivity index (χ1n) is 8.95. The zero-order valence-electron chi connectivity index (χ0n) is 15.6. The lowest BCUT2D eigenvalue weighted by Gasteiger charge is -2.49. The fourth-order valence-corrected chi connectivity index (χ4v) is 4.52. The number of aromatic hydroxyl groups is 1. The molecule has 0 amide bonds. The molecular formula is C20H19ClF3N3O2. The Morgan fingerprint density at radius 3 is 2.66 bits per heavy atom. The van der Waals surface area contributed by atoms with E-state index in [2.05, 4.69) is 15.5 Å². The summed E-state index contributed by atoms with van der Waals surface area (Å²) in [6, 6.07) is 6.22. The molecule has 154 valence electrons. The second-order valence-corrected chi connectivity index (χ2v) is 8.46. The van der Waals surface area contributed by atoms with Crippen LogP contribution in [0.2, 0.25) is 5.02 Å². The van der Waals surface area contributed by atoms with E-state index in [4.69, 9.17) is 11.6 Å². The Bertz CT molecular complexity index is 1100. The fourth-order valence-electron chi connectivity index (χ4n) is 4.37. The van der Waals surface area contributed by atoms with Crippen LogP contribution in [-0.2, 0) is 5.41 Å². The lowest BCUT2D eigenvalue weighted by molar-refractivity contribution is -0.275. The second-order valence-electron chi connectivity index (χ2n) is 8.06. The summed E-state index contributed by atoms with van der Waals surface area (Å²) >= 11 is 6.04. The number of aliphatic hydroxyl groups is 1. The summed E-state index contributed by atoms with van der Waals surface area (Å²) in [5.41, 5.74) is -2.80. The van der Waals surface area contributed by atoms with Crippen LogP contribution < -0.4 is 5.32 Å². The quantitative estimate of drug-likeness (QED) is 0.463. The normalized spacial score (nSPS) is 23.8. The van der Waals surface area contributed by atoms with Gasteiger partial charge >= 0.3 is 6.18 Å². The summed E-state index contributed by atoms with van der Waals surface area (Å²) in [5, 5.41) is 31.7. The van der Waals surface area contributed by atoms with Crippen LogP contribution in [0.4, 0.5) is 18.9 Å². The number of halogens is 4. The largest absolute Gasteiger partial charge is 0.506 e. The van der Waals surface area contributed by atoms with Gasteiger partial charge in [-0.1, -0.05) is 37.6 Å². The molecule has 1 aliphatic carbocycles. The molecule has 0 radical (unpaired) electrons. The minimum Gasteiger partial charge on any atom is -0.506 e. The van der Waals surface area contributed by atoms with Gasteiger partial charge in [-0.25, -0.2) is 0 Å². The molecule has 1 aliphatic rings. The molecule has 2 unspecified atom stereocenters. The molecule has 29 heavy (non-hydrogen) atoms. The molecule has 0 bridgehead atoms. The van der Waals surface area contributed by atoms with Crippen LogP contribution in [0.5, 0.6) is 5.75 Å². The molecule has 1 aromatic heterocycles. The van der Waals surface area contributed by atoms with Gasteiger partial charge in [0.1, 0.15) is 5.75 Å². The number of benzene rings is 2. The highest BCUT2D eigenvalue weighted by Crippen LogP contribution is 2.57. The van der Waals surface area contributed by atoms with Crippen molar-refractivity contribution < 1.29 is 23.4 Å². The Balaban J connectivity index is 1.95. The van der Waals surface area contributed by atoms with Crippen LogP contribution in [0.1, 0.15) is 37.4 Å². The van der Waals surface area contributed by atoms with Crippen LogP contribution in [0, 0.1) is 0 Å². The maximum absolute atomic E-state index is 14.2. The number of nitrogens with zero attached hydrogens (tertiary/aromatic N) is 1. The summed E-state index contributed by atoms with van der Waals surface area (Å²) in [4.78, 5) is 0. The Labute approximate surface area is 169 Å². The lowest BCUT2D eigenvalue weighted by Crippen LogP contribution is -2.58. The maximum Gasteiger partial charge on any atom is 0.419 e. The number of nitrogens with one attached hydrogen (secondary N) is 2. The lowest BCUT2D eigenvalue weighted by atomic mass is 9.63. The van der Waals surface area contributed by atoms with Crippen molar-refractivity contribution in [2.45, 2.75) is 43.5 Å². The van der Waals surface area contributed by atoms with Crippen molar-refractivity contribution in [2.24, 2.45) is 0 Å². The molecule has 9 heteroatoms. The first kappa shape index (κ1) is 19.8. The Kier molecular flexibility index (Phi) is 4.29. The van der Waals surface area contributed by atoms with E-state index in [0.717, 1.165) is 0 Å². The third kappa shape index (κ3) is 2.93. The number of aromatic amines is 1. The number of rotatable bonds is 2. The fraction of sp³-hybridized carbons (Fsp3) is 0.350. The van der Waals surface area contributed by atoms with Crippen molar-refractivity contribution >= 4 is 28.2 Å². The Morgan fingerprint density at radius 2 is 1.97 bits per heavy atom. The van der Waals surface area contributed by atoms with Gasteiger partial charge in [0.15, 0.2) is 5.60 Å². The minimum absolute atomic E-state index is 0.0463. The molecule has 1 heterocycles. The van der Waals surface area contributed by atoms with E-state index in [9.17, 15) is 23.4 Å². The molecule has 4 N–H and O–H groups in total. The number of phenols is 1. The smallest absolute Gasteiger partial charge is 0.419 e. The van der Waals surface area contributed by atoms with Gasteiger partial charge in [0.2, 0.25) is 0 Å². The molecule has 2 atom stereocenters. The van der Waals surface area contributed by atoms with Crippen molar-refractivity contribution in [2.75, 3.05) is 5.32 Å². The average Bonchev–Trinajstić information content (AvgIpc) is 3.09. The topological polar surface area (TPSA) is 81.2 Å². The van der Waals surface area contributed by atoms with Gasteiger partial charge in [0.05, 0.1) is 22.8 Å². The van der Waals surface area contributed by atoms with E-state index in [0.29, 0.717) is 16.6 Å². The third-order valence-electron chi connectivity index (χ3n) is 5.61. The average molecular weight is 426 g/mol. The highest BCUT2D eigenvalue weighted by atomic mass is 35.5. The molecule has 5 nitrogen and oxygen atoms in total. The van der Waals surface area contributed by atoms with Crippen LogP contribution in [-0.4, -0.2) is 32.2 Å². The standard InChI is InChI=1S/C20H19ClF3N3O2/c1-18(2)9-19(29,20(22,23)24)17(10-6-7-12(21)16(28)15(10)18)26-13-4-3-5-14-11(13)8-25-27-14/h3-8,17,26,28-29H,9H2,1-2H3,(H,25,27). The number of H-pyrrole nitrogens is 1. The predicted molar refractivity (Wildman–Crippen MR) is 104 cm³/mol. The zero-order chi connectivity index (χ0) is 21.2. The summed E-state index contributed by atoms with van der Waals surface area (Å²) in [5.74, 6) is -0.272. The van der Waals surface area contributed by atoms with E-state index in [1.807, 2.05) is 0 Å². The number of hydrogen-bond acceptors (Lipinski definition) is 4. The summed E-state index contributed by atoms with van der Waals surface area (Å²) < 4.78 is 42.5. The van der Waals surface area contributed by atoms with Crippen molar-refractivity contribution in [3.05, 3.63) is 52.7 Å². The Hall–Kier alpha value is -2.45. The highest BCUT2D eigenvalue weighted by molar-refractivity contribution is 6.32. The summed E-state index contributed by atoms with van der Waals surface area (Å²) in [6.07, 6.45) is -4.07. The monoisotopic (exact) mass is 425 g/mol. The van der Waals surface area contributed by atoms with Crippen molar-refractivity contribution in [1.82, 2.24) is 10.2 Å². The second kappa shape index (κ2) is 6.27. The molecular weight excluding hydrogens is 407 g/mol. The molecule has 2 aromatic carbocycles. The molecule has 0 saturated heterocycles. The third-order valence-corrected chi connectivity index (χ3v) is 5.92. The first-order valence-corrected chi connectivity index (χ1v) is 9.33. The summed E-state index contributed by atoms with van der Waals surface area (Å²) in [6.45, 7) is 3.09. The molecule has 3 aromatic rings. The predicted octanol–water partition coefficient (Wildman–Crippen LogP) is 5.05. The van der Waals surface area contributed by atoms with Crippen LogP contribution in [0.25, 0.3) is 10.9 Å². The highest BCUT2D eigenvalue weighted by Gasteiger charge is 2.64. The summed E-state index contributed by atoms with van der Waals surface area (Å²) in [7, 11) is 0. The van der Waals surface area contributed by atoms with Crippen LogP contribution in [0.3, 0.4) is 0 Å². The van der Waals surface area contributed by atoms with Gasteiger partial charge in [-0.3, -0.25) is 5.10 Å². The maximum atomic E-state index is 14.2. The van der Waals surface area contributed by atoms with E-state index < -0.39 is 29.7 Å². The van der Waals surface area contributed by atoms with E-state index >= 15 is 0 Å². The molecule has 0 aliphatic heterocycles. The van der Waals surface area contributed by atoms with Gasteiger partial charge in [-0.2, -0.15) is 18.3 Å². The SMILES string of the molecule is CC1(C)CC(O)(C(F)(F)F)C(Nc2cccc3[nH]ncc23)c2ccc(Cl)c(O)c21. The van der Waals surface area contributed by atoms with Crippen molar-refractivity contribution in [1.29, 1.82) is 0 Å². The molecule has 0 spiro atoms. The first-order chi connectivity index (χ1) is 13.5. The number of phenolic OH excluding ortho intramolecular Hbond substituents is 1. The van der Waals surface area contributed by atoms with Gasteiger partial charge in [-0.05, 0) is 35.6 Å². The molecule has 0 saturated carbocycles. The van der Waals surface area contributed by atoms with Crippen molar-refractivity contribution in [3.8, 4) is 5.75 Å².